The van der Waals surface area contributed by atoms with Gasteiger partial charge in [0.25, 0.3) is 5.91 Å². The van der Waals surface area contributed by atoms with Crippen molar-refractivity contribution in [2.24, 2.45) is 0 Å². The molecular formula is C24H29NO6. The molecule has 0 unspecified atom stereocenters. The van der Waals surface area contributed by atoms with Crippen LogP contribution < -0.4 is 14.8 Å². The number of esters is 1. The van der Waals surface area contributed by atoms with Gasteiger partial charge in [0.2, 0.25) is 0 Å². The van der Waals surface area contributed by atoms with Crippen LogP contribution in [0.4, 0.5) is 0 Å². The van der Waals surface area contributed by atoms with Crippen molar-refractivity contribution in [3.05, 3.63) is 59.7 Å². The molecule has 0 aliphatic carbocycles. The van der Waals surface area contributed by atoms with Gasteiger partial charge in [0.1, 0.15) is 0 Å². The molecule has 1 amide bonds. The molecule has 0 aliphatic rings. The number of hydrogen-bond donors (Lipinski definition) is 1. The Morgan fingerprint density at radius 1 is 1.00 bits per heavy atom. The largest absolute Gasteiger partial charge is 0.493 e. The molecule has 0 spiro atoms. The van der Waals surface area contributed by atoms with Crippen LogP contribution in [0.1, 0.15) is 43.1 Å². The molecule has 2 aromatic carbocycles. The number of methoxy groups -OCH3 is 1. The number of Topliss-reactive ketones (excluding diaryl/α,β-unsaturated/α-hetero) is 1. The second-order valence-electron chi connectivity index (χ2n) is 7.28. The number of benzene rings is 2. The number of nitrogens with one attached hydrogen (secondary N) is 1. The summed E-state index contributed by atoms with van der Waals surface area (Å²) >= 11 is 0. The van der Waals surface area contributed by atoms with E-state index in [0.717, 1.165) is 12.8 Å². The standard InChI is InChI=1S/C24H29NO6/c1-16(10-11-19-8-6-5-7-9-19)25-24(28)18(3)31-23(27)15-30-21-13-12-20(17(2)26)14-22(21)29-4/h5-9,12-14,16,18H,10-11,15H2,1-4H3,(H,25,28)/t16-,18-/m0/s1. The fourth-order valence-electron chi connectivity index (χ4n) is 2.89. The van der Waals surface area contributed by atoms with Gasteiger partial charge in [-0.3, -0.25) is 9.59 Å². The topological polar surface area (TPSA) is 90.9 Å². The molecule has 0 bridgehead atoms. The zero-order chi connectivity index (χ0) is 22.8. The minimum Gasteiger partial charge on any atom is -0.493 e. The highest BCUT2D eigenvalue weighted by Gasteiger charge is 2.20. The molecule has 7 nitrogen and oxygen atoms in total. The molecule has 7 heteroatoms. The number of hydrogen-bond acceptors (Lipinski definition) is 6. The molecule has 0 heterocycles. The highest BCUT2D eigenvalue weighted by molar-refractivity contribution is 5.94. The maximum atomic E-state index is 12.3. The molecule has 0 radical (unpaired) electrons. The number of aryl methyl sites for hydroxylation is 1. The van der Waals surface area contributed by atoms with Crippen LogP contribution in [0.5, 0.6) is 11.5 Å². The van der Waals surface area contributed by atoms with E-state index in [9.17, 15) is 14.4 Å². The predicted molar refractivity (Wildman–Crippen MR) is 116 cm³/mol. The van der Waals surface area contributed by atoms with Crippen molar-refractivity contribution in [2.75, 3.05) is 13.7 Å². The average Bonchev–Trinajstić information content (AvgIpc) is 2.76. The first-order chi connectivity index (χ1) is 14.8. The van der Waals surface area contributed by atoms with E-state index in [0.29, 0.717) is 17.1 Å². The van der Waals surface area contributed by atoms with Gasteiger partial charge in [0.15, 0.2) is 30.0 Å². The lowest BCUT2D eigenvalue weighted by Crippen LogP contribution is -2.41. The van der Waals surface area contributed by atoms with Crippen LogP contribution in [0.25, 0.3) is 0 Å². The molecule has 0 fully saturated rings. The van der Waals surface area contributed by atoms with Gasteiger partial charge in [-0.2, -0.15) is 0 Å². The lowest BCUT2D eigenvalue weighted by molar-refractivity contribution is -0.156. The Kier molecular flexibility index (Phi) is 9.06. The molecule has 166 valence electrons. The fourth-order valence-corrected chi connectivity index (χ4v) is 2.89. The minimum atomic E-state index is -0.947. The van der Waals surface area contributed by atoms with E-state index < -0.39 is 18.7 Å². The first kappa shape index (κ1) is 23.9. The third-order valence-corrected chi connectivity index (χ3v) is 4.69. The summed E-state index contributed by atoms with van der Waals surface area (Å²) < 4.78 is 15.8. The maximum Gasteiger partial charge on any atom is 0.344 e. The van der Waals surface area contributed by atoms with Gasteiger partial charge in [0.05, 0.1) is 7.11 Å². The number of rotatable bonds is 11. The second-order valence-corrected chi connectivity index (χ2v) is 7.28. The van der Waals surface area contributed by atoms with E-state index in [1.807, 2.05) is 37.3 Å². The lowest BCUT2D eigenvalue weighted by atomic mass is 10.1. The van der Waals surface area contributed by atoms with Crippen molar-refractivity contribution in [2.45, 2.75) is 45.8 Å². The van der Waals surface area contributed by atoms with Crippen LogP contribution >= 0.6 is 0 Å². The molecule has 0 aromatic heterocycles. The van der Waals surface area contributed by atoms with Crippen molar-refractivity contribution in [1.29, 1.82) is 0 Å². The Morgan fingerprint density at radius 2 is 1.71 bits per heavy atom. The Balaban J connectivity index is 1.78. The molecule has 0 aliphatic heterocycles. The number of ketones is 1. The van der Waals surface area contributed by atoms with Crippen LogP contribution in [0, 0.1) is 0 Å². The highest BCUT2D eigenvalue weighted by Crippen LogP contribution is 2.28. The van der Waals surface area contributed by atoms with Gasteiger partial charge in [-0.25, -0.2) is 4.79 Å². The summed E-state index contributed by atoms with van der Waals surface area (Å²) in [7, 11) is 1.44. The van der Waals surface area contributed by atoms with Crippen LogP contribution in [-0.2, 0) is 20.7 Å². The van der Waals surface area contributed by atoms with Gasteiger partial charge in [-0.15, -0.1) is 0 Å². The fraction of sp³-hybridized carbons (Fsp3) is 0.375. The van der Waals surface area contributed by atoms with E-state index >= 15 is 0 Å². The third kappa shape index (κ3) is 7.77. The second kappa shape index (κ2) is 11.7. The van der Waals surface area contributed by atoms with E-state index in [2.05, 4.69) is 5.32 Å². The van der Waals surface area contributed by atoms with Gasteiger partial charge in [-0.05, 0) is 57.4 Å². The third-order valence-electron chi connectivity index (χ3n) is 4.69. The SMILES string of the molecule is COc1cc(C(C)=O)ccc1OCC(=O)O[C@@H](C)C(=O)N[C@@H](C)CCc1ccccc1. The Hall–Kier alpha value is -3.35. The molecule has 2 rings (SSSR count). The normalized spacial score (nSPS) is 12.4. The molecule has 2 atom stereocenters. The van der Waals surface area contributed by atoms with E-state index in [1.54, 1.807) is 12.1 Å². The maximum absolute atomic E-state index is 12.3. The smallest absolute Gasteiger partial charge is 0.344 e. The van der Waals surface area contributed by atoms with Crippen molar-refractivity contribution in [3.8, 4) is 11.5 Å². The number of ether oxygens (including phenoxy) is 3. The zero-order valence-corrected chi connectivity index (χ0v) is 18.3. The molecule has 31 heavy (non-hydrogen) atoms. The predicted octanol–water partition coefficient (Wildman–Crippen LogP) is 3.35. The summed E-state index contributed by atoms with van der Waals surface area (Å²) in [5.74, 6) is -0.522. The number of carbonyl (C=O) groups is 3. The minimum absolute atomic E-state index is 0.0610. The molecule has 0 saturated carbocycles. The van der Waals surface area contributed by atoms with Crippen LogP contribution in [0.15, 0.2) is 48.5 Å². The molecular weight excluding hydrogens is 398 g/mol. The quantitative estimate of drug-likeness (QED) is 0.437. The van der Waals surface area contributed by atoms with E-state index in [4.69, 9.17) is 14.2 Å². The highest BCUT2D eigenvalue weighted by atomic mass is 16.6. The summed E-state index contributed by atoms with van der Waals surface area (Å²) in [6.07, 6.45) is 0.668. The van der Waals surface area contributed by atoms with Crippen LogP contribution in [-0.4, -0.2) is 43.5 Å². The van der Waals surface area contributed by atoms with Gasteiger partial charge >= 0.3 is 5.97 Å². The van der Waals surface area contributed by atoms with Crippen molar-refractivity contribution >= 4 is 17.7 Å². The summed E-state index contributed by atoms with van der Waals surface area (Å²) in [5.41, 5.74) is 1.67. The summed E-state index contributed by atoms with van der Waals surface area (Å²) in [5, 5.41) is 2.86. The van der Waals surface area contributed by atoms with Crippen LogP contribution in [0.3, 0.4) is 0 Å². The number of carbonyl (C=O) groups excluding carboxylic acids is 3. The van der Waals surface area contributed by atoms with Gasteiger partial charge in [0, 0.05) is 11.6 Å². The van der Waals surface area contributed by atoms with E-state index in [1.165, 1.54) is 32.6 Å². The first-order valence-electron chi connectivity index (χ1n) is 10.2. The van der Waals surface area contributed by atoms with Gasteiger partial charge in [-0.1, -0.05) is 30.3 Å². The van der Waals surface area contributed by atoms with Crippen molar-refractivity contribution in [1.82, 2.24) is 5.32 Å². The summed E-state index contributed by atoms with van der Waals surface area (Å²) in [6.45, 7) is 4.48. The zero-order valence-electron chi connectivity index (χ0n) is 18.3. The van der Waals surface area contributed by atoms with Crippen molar-refractivity contribution in [3.63, 3.8) is 0 Å². The Morgan fingerprint density at radius 3 is 2.35 bits per heavy atom. The number of amides is 1. The molecule has 2 aromatic rings. The van der Waals surface area contributed by atoms with E-state index in [-0.39, 0.29) is 17.7 Å². The summed E-state index contributed by atoms with van der Waals surface area (Å²) in [4.78, 5) is 35.8. The monoisotopic (exact) mass is 427 g/mol. The van der Waals surface area contributed by atoms with Crippen molar-refractivity contribution < 1.29 is 28.6 Å². The Labute approximate surface area is 182 Å². The lowest BCUT2D eigenvalue weighted by Gasteiger charge is -2.18. The average molecular weight is 427 g/mol. The molecule has 1 N–H and O–H groups in total. The van der Waals surface area contributed by atoms with Crippen LogP contribution in [0.2, 0.25) is 0 Å². The first-order valence-corrected chi connectivity index (χ1v) is 10.2. The Bertz CT molecular complexity index is 896. The molecule has 0 saturated heterocycles. The van der Waals surface area contributed by atoms with Gasteiger partial charge < -0.3 is 19.5 Å². The summed E-state index contributed by atoms with van der Waals surface area (Å²) in [6, 6.07) is 14.6.